The van der Waals surface area contributed by atoms with Crippen LogP contribution in [-0.2, 0) is 0 Å². The molecule has 82 valence electrons. The van der Waals surface area contributed by atoms with Crippen LogP contribution in [0.1, 0.15) is 0 Å². The highest BCUT2D eigenvalue weighted by atomic mass is 19.5. The zero-order valence-electron chi connectivity index (χ0n) is 6.97. The molecule has 0 radical (unpaired) electrons. The Labute approximate surface area is 80.2 Å². The Morgan fingerprint density at radius 3 is 1.80 bits per heavy atom. The van der Waals surface area contributed by atoms with Crippen LogP contribution in [0.15, 0.2) is 18.2 Å². The molecular formula is C6H3BF6N2. The Balaban J connectivity index is 0.000000336. The number of nitrogens with zero attached hydrogens (tertiary/aromatic N) is 2. The standard InChI is InChI=1S/C6H3F2N2.BF4/c7-5-2-1-4(10-9)3-6(5)8;2-1(3,4)5/h1-3H;/q+1;-1. The van der Waals surface area contributed by atoms with Gasteiger partial charge in [-0.05, 0) is 6.07 Å². The molecule has 0 N–H and O–H groups in total. The number of diazo groups is 1. The van der Waals surface area contributed by atoms with Crippen LogP contribution in [0.2, 0.25) is 0 Å². The van der Waals surface area contributed by atoms with E-state index in [-0.39, 0.29) is 5.69 Å². The van der Waals surface area contributed by atoms with Crippen molar-refractivity contribution in [2.75, 3.05) is 0 Å². The maximum atomic E-state index is 12.2. The summed E-state index contributed by atoms with van der Waals surface area (Å²) < 4.78 is 63.4. The minimum atomic E-state index is -6.00. The molecule has 0 aliphatic carbocycles. The molecule has 0 unspecified atom stereocenters. The van der Waals surface area contributed by atoms with Crippen LogP contribution in [0.4, 0.5) is 31.7 Å². The number of hydrogen-bond acceptors (Lipinski definition) is 1. The van der Waals surface area contributed by atoms with Gasteiger partial charge in [0, 0.05) is 6.07 Å². The van der Waals surface area contributed by atoms with Gasteiger partial charge in [0.05, 0.1) is 6.07 Å². The minimum Gasteiger partial charge on any atom is -0.418 e. The average molecular weight is 228 g/mol. The summed E-state index contributed by atoms with van der Waals surface area (Å²) in [5, 5.41) is 8.09. The molecule has 0 aliphatic heterocycles. The smallest absolute Gasteiger partial charge is 0.418 e. The molecule has 0 aliphatic rings. The van der Waals surface area contributed by atoms with E-state index in [4.69, 9.17) is 5.39 Å². The fourth-order valence-corrected chi connectivity index (χ4v) is 0.547. The molecule has 0 heterocycles. The molecule has 9 heteroatoms. The zero-order chi connectivity index (χ0) is 12.1. The van der Waals surface area contributed by atoms with Crippen molar-refractivity contribution in [2.24, 2.45) is 0 Å². The fraction of sp³-hybridized carbons (Fsp3) is 0. The first-order valence-corrected chi connectivity index (χ1v) is 3.41. The van der Waals surface area contributed by atoms with Crippen LogP contribution < -0.4 is 0 Å². The molecule has 0 atom stereocenters. The first-order valence-electron chi connectivity index (χ1n) is 3.41. The van der Waals surface area contributed by atoms with Gasteiger partial charge in [0.15, 0.2) is 16.6 Å². The highest BCUT2D eigenvalue weighted by molar-refractivity contribution is 6.50. The van der Waals surface area contributed by atoms with Crippen LogP contribution in [0.25, 0.3) is 4.98 Å². The van der Waals surface area contributed by atoms with E-state index in [1.165, 1.54) is 6.07 Å². The molecule has 0 saturated heterocycles. The SMILES string of the molecule is F[B-](F)(F)F.N#[N+]c1ccc(F)c(F)c1. The summed E-state index contributed by atoms with van der Waals surface area (Å²) in [4.78, 5) is 2.67. The highest BCUT2D eigenvalue weighted by Gasteiger charge is 2.20. The Morgan fingerprint density at radius 1 is 1.00 bits per heavy atom. The first kappa shape index (κ1) is 13.3. The van der Waals surface area contributed by atoms with E-state index in [1.54, 1.807) is 0 Å². The number of halogens is 6. The lowest BCUT2D eigenvalue weighted by atomic mass is 10.3. The molecule has 0 saturated carbocycles. The normalized spacial score (nSPS) is 9.93. The monoisotopic (exact) mass is 228 g/mol. The van der Waals surface area contributed by atoms with E-state index in [2.05, 4.69) is 4.98 Å². The molecule has 0 fully saturated rings. The Bertz CT molecular complexity index is 365. The van der Waals surface area contributed by atoms with Crippen molar-refractivity contribution < 1.29 is 26.0 Å². The van der Waals surface area contributed by atoms with Crippen LogP contribution >= 0.6 is 0 Å². The lowest BCUT2D eigenvalue weighted by Gasteiger charge is -1.94. The van der Waals surface area contributed by atoms with Crippen molar-refractivity contribution >= 4 is 12.9 Å². The van der Waals surface area contributed by atoms with Gasteiger partial charge in [-0.2, -0.15) is 0 Å². The van der Waals surface area contributed by atoms with Gasteiger partial charge in [-0.15, -0.1) is 0 Å². The lowest BCUT2D eigenvalue weighted by molar-refractivity contribution is 0.368. The molecule has 0 amide bonds. The first-order chi connectivity index (χ1) is 6.74. The third kappa shape index (κ3) is 7.36. The van der Waals surface area contributed by atoms with Gasteiger partial charge in [0.1, 0.15) is 0 Å². The average Bonchev–Trinajstić information content (AvgIpc) is 2.07. The molecular weight excluding hydrogens is 225 g/mol. The molecule has 1 aromatic rings. The summed E-state index contributed by atoms with van der Waals surface area (Å²) >= 11 is 0. The second-order valence-corrected chi connectivity index (χ2v) is 2.19. The van der Waals surface area contributed by atoms with Gasteiger partial charge >= 0.3 is 12.9 Å². The van der Waals surface area contributed by atoms with Crippen molar-refractivity contribution in [3.8, 4) is 0 Å². The van der Waals surface area contributed by atoms with E-state index in [0.29, 0.717) is 0 Å². The maximum Gasteiger partial charge on any atom is 0.673 e. The Kier molecular flexibility index (Phi) is 4.64. The van der Waals surface area contributed by atoms with E-state index in [0.717, 1.165) is 12.1 Å². The molecule has 0 spiro atoms. The lowest BCUT2D eigenvalue weighted by Crippen LogP contribution is -2.02. The minimum absolute atomic E-state index is 0.00102. The van der Waals surface area contributed by atoms with Gasteiger partial charge in [0.25, 0.3) is 0 Å². The van der Waals surface area contributed by atoms with Gasteiger partial charge in [-0.1, -0.05) is 0 Å². The maximum absolute atomic E-state index is 12.2. The predicted molar refractivity (Wildman–Crippen MR) is 41.3 cm³/mol. The molecule has 0 bridgehead atoms. The van der Waals surface area contributed by atoms with Crippen LogP contribution in [0, 0.1) is 17.0 Å². The number of rotatable bonds is 0. The quantitative estimate of drug-likeness (QED) is 0.377. The van der Waals surface area contributed by atoms with Gasteiger partial charge in [-0.25, -0.2) is 8.78 Å². The molecule has 15 heavy (non-hydrogen) atoms. The van der Waals surface area contributed by atoms with E-state index < -0.39 is 18.9 Å². The van der Waals surface area contributed by atoms with E-state index in [9.17, 15) is 26.0 Å². The summed E-state index contributed by atoms with van der Waals surface area (Å²) in [6, 6.07) is 2.86. The summed E-state index contributed by atoms with van der Waals surface area (Å²) in [6.45, 7) is 0. The largest absolute Gasteiger partial charge is 0.673 e. The van der Waals surface area contributed by atoms with E-state index in [1.807, 2.05) is 0 Å². The third-order valence-corrected chi connectivity index (χ3v) is 1.02. The van der Waals surface area contributed by atoms with Crippen molar-refractivity contribution in [3.05, 3.63) is 34.8 Å². The van der Waals surface area contributed by atoms with Gasteiger partial charge in [-0.3, -0.25) is 0 Å². The summed E-state index contributed by atoms with van der Waals surface area (Å²) in [6.07, 6.45) is 0. The third-order valence-electron chi connectivity index (χ3n) is 1.02. The van der Waals surface area contributed by atoms with Crippen molar-refractivity contribution in [2.45, 2.75) is 0 Å². The number of benzene rings is 1. The second kappa shape index (κ2) is 5.24. The summed E-state index contributed by atoms with van der Waals surface area (Å²) in [7, 11) is -6.00. The van der Waals surface area contributed by atoms with Crippen LogP contribution in [0.3, 0.4) is 0 Å². The van der Waals surface area contributed by atoms with Gasteiger partial charge in [0.2, 0.25) is 5.39 Å². The highest BCUT2D eigenvalue weighted by Crippen LogP contribution is 2.15. The summed E-state index contributed by atoms with van der Waals surface area (Å²) in [5.41, 5.74) is -0.00102. The Morgan fingerprint density at radius 2 is 1.47 bits per heavy atom. The Hall–Kier alpha value is -1.72. The van der Waals surface area contributed by atoms with Crippen LogP contribution in [0.5, 0.6) is 0 Å². The van der Waals surface area contributed by atoms with Gasteiger partial charge < -0.3 is 17.3 Å². The molecule has 2 nitrogen and oxygen atoms in total. The van der Waals surface area contributed by atoms with E-state index >= 15 is 0 Å². The molecule has 1 rings (SSSR count). The van der Waals surface area contributed by atoms with Crippen LogP contribution in [-0.4, -0.2) is 7.25 Å². The number of hydrogen-bond donors (Lipinski definition) is 0. The second-order valence-electron chi connectivity index (χ2n) is 2.19. The topological polar surface area (TPSA) is 28.1 Å². The zero-order valence-corrected chi connectivity index (χ0v) is 6.97. The molecule has 1 aromatic carbocycles. The predicted octanol–water partition coefficient (Wildman–Crippen LogP) is 3.75. The van der Waals surface area contributed by atoms with Crippen molar-refractivity contribution in [3.63, 3.8) is 0 Å². The summed E-state index contributed by atoms with van der Waals surface area (Å²) in [5.74, 6) is -1.97. The van der Waals surface area contributed by atoms with Crippen molar-refractivity contribution in [1.82, 2.24) is 0 Å². The van der Waals surface area contributed by atoms with Crippen molar-refractivity contribution in [1.29, 1.82) is 5.39 Å². The molecule has 0 aromatic heterocycles. The fourth-order valence-electron chi connectivity index (χ4n) is 0.547.